The maximum absolute atomic E-state index is 12.8. The van der Waals surface area contributed by atoms with E-state index in [0.717, 1.165) is 15.6 Å². The van der Waals surface area contributed by atoms with Crippen LogP contribution in [0.15, 0.2) is 29.2 Å². The van der Waals surface area contributed by atoms with Crippen LogP contribution >= 0.6 is 22.7 Å². The summed E-state index contributed by atoms with van der Waals surface area (Å²) in [5, 5.41) is 13.9. The molecule has 1 amide bonds. The molecule has 24 heavy (non-hydrogen) atoms. The van der Waals surface area contributed by atoms with Crippen LogP contribution in [0.1, 0.15) is 21.9 Å². The lowest BCUT2D eigenvalue weighted by Crippen LogP contribution is -2.48. The lowest BCUT2D eigenvalue weighted by molar-refractivity contribution is -0.142. The minimum Gasteiger partial charge on any atom is -0.480 e. The Hall–Kier alpha value is -2.52. The number of fused-ring (bicyclic) bond motifs is 1. The van der Waals surface area contributed by atoms with Gasteiger partial charge in [0.05, 0.1) is 29.1 Å². The van der Waals surface area contributed by atoms with Gasteiger partial charge < -0.3 is 15.0 Å². The highest BCUT2D eigenvalue weighted by atomic mass is 32.1. The van der Waals surface area contributed by atoms with Crippen LogP contribution in [0, 0.1) is 0 Å². The van der Waals surface area contributed by atoms with Crippen molar-refractivity contribution in [1.29, 1.82) is 0 Å². The summed E-state index contributed by atoms with van der Waals surface area (Å²) in [5.41, 5.74) is 1.75. The molecule has 1 atom stereocenters. The van der Waals surface area contributed by atoms with Crippen molar-refractivity contribution in [3.05, 3.63) is 46.3 Å². The average molecular weight is 360 g/mol. The SMILES string of the molecule is O=C(O)[C@H]1Cc2nc[nH]c2CN1C(=O)c1csc(-c2cccs2)n1. The Kier molecular flexibility index (Phi) is 3.66. The van der Waals surface area contributed by atoms with Crippen molar-refractivity contribution < 1.29 is 14.7 Å². The molecule has 0 radical (unpaired) electrons. The molecule has 1 aliphatic heterocycles. The highest BCUT2D eigenvalue weighted by Gasteiger charge is 2.37. The van der Waals surface area contributed by atoms with E-state index < -0.39 is 12.0 Å². The molecular weight excluding hydrogens is 348 g/mol. The number of thiophene rings is 1. The van der Waals surface area contributed by atoms with Crippen molar-refractivity contribution >= 4 is 34.6 Å². The van der Waals surface area contributed by atoms with E-state index in [1.165, 1.54) is 22.6 Å². The largest absolute Gasteiger partial charge is 0.480 e. The number of thiazole rings is 1. The molecule has 1 aliphatic rings. The molecule has 0 aliphatic carbocycles. The van der Waals surface area contributed by atoms with Crippen molar-refractivity contribution in [1.82, 2.24) is 19.9 Å². The minimum atomic E-state index is -1.04. The number of aromatic nitrogens is 3. The predicted octanol–water partition coefficient (Wildman–Crippen LogP) is 2.25. The summed E-state index contributed by atoms with van der Waals surface area (Å²) in [5.74, 6) is -1.41. The number of nitrogens with one attached hydrogen (secondary N) is 1. The van der Waals surface area contributed by atoms with Gasteiger partial charge in [0.25, 0.3) is 5.91 Å². The van der Waals surface area contributed by atoms with Gasteiger partial charge in [0.15, 0.2) is 0 Å². The zero-order valence-corrected chi connectivity index (χ0v) is 13.9. The van der Waals surface area contributed by atoms with E-state index in [1.54, 1.807) is 16.7 Å². The summed E-state index contributed by atoms with van der Waals surface area (Å²) in [6.45, 7) is 0.191. The standard InChI is InChI=1S/C15H12N4O3S2/c20-14(10-6-24-13(18-10)12-2-1-3-23-12)19-5-9-8(16-7-17-9)4-11(19)15(21)22/h1-3,6-7,11H,4-5H2,(H,16,17)(H,21,22)/t11-/m1/s1. The molecule has 4 heterocycles. The van der Waals surface area contributed by atoms with Crippen LogP contribution in [-0.2, 0) is 17.8 Å². The molecular formula is C15H12N4O3S2. The first-order valence-corrected chi connectivity index (χ1v) is 8.93. The molecule has 3 aromatic rings. The van der Waals surface area contributed by atoms with Crippen molar-refractivity contribution in [2.75, 3.05) is 0 Å². The van der Waals surface area contributed by atoms with Crippen LogP contribution in [0.3, 0.4) is 0 Å². The number of carboxylic acid groups (broad SMARTS) is 1. The summed E-state index contributed by atoms with van der Waals surface area (Å²) in [6, 6.07) is 2.93. The Balaban J connectivity index is 1.64. The third-order valence-corrected chi connectivity index (χ3v) is 5.78. The van der Waals surface area contributed by atoms with Crippen LogP contribution in [0.2, 0.25) is 0 Å². The van der Waals surface area contributed by atoms with Gasteiger partial charge in [-0.1, -0.05) is 6.07 Å². The molecule has 4 rings (SSSR count). The summed E-state index contributed by atoms with van der Waals surface area (Å²) < 4.78 is 0. The van der Waals surface area contributed by atoms with Gasteiger partial charge in [0.2, 0.25) is 0 Å². The van der Waals surface area contributed by atoms with Crippen LogP contribution in [0.25, 0.3) is 9.88 Å². The van der Waals surface area contributed by atoms with Crippen LogP contribution < -0.4 is 0 Å². The molecule has 0 saturated heterocycles. The molecule has 9 heteroatoms. The molecule has 7 nitrogen and oxygen atoms in total. The van der Waals surface area contributed by atoms with E-state index in [-0.39, 0.29) is 24.6 Å². The predicted molar refractivity (Wildman–Crippen MR) is 89.0 cm³/mol. The van der Waals surface area contributed by atoms with Crippen molar-refractivity contribution in [3.8, 4) is 9.88 Å². The normalized spacial score (nSPS) is 16.8. The number of carboxylic acids is 1. The molecule has 0 unspecified atom stereocenters. The fourth-order valence-corrected chi connectivity index (χ4v) is 4.31. The topological polar surface area (TPSA) is 99.2 Å². The van der Waals surface area contributed by atoms with E-state index in [2.05, 4.69) is 15.0 Å². The van der Waals surface area contributed by atoms with Gasteiger partial charge in [0.1, 0.15) is 16.7 Å². The smallest absolute Gasteiger partial charge is 0.326 e. The Labute approximate surface area is 144 Å². The van der Waals surface area contributed by atoms with E-state index in [9.17, 15) is 14.7 Å². The number of amides is 1. The van der Waals surface area contributed by atoms with E-state index in [0.29, 0.717) is 5.69 Å². The zero-order valence-electron chi connectivity index (χ0n) is 12.3. The molecule has 0 spiro atoms. The van der Waals surface area contributed by atoms with Crippen molar-refractivity contribution in [3.63, 3.8) is 0 Å². The van der Waals surface area contributed by atoms with Crippen LogP contribution in [0.5, 0.6) is 0 Å². The highest BCUT2D eigenvalue weighted by molar-refractivity contribution is 7.20. The van der Waals surface area contributed by atoms with Crippen LogP contribution in [0.4, 0.5) is 0 Å². The van der Waals surface area contributed by atoms with Gasteiger partial charge in [-0.15, -0.1) is 22.7 Å². The zero-order chi connectivity index (χ0) is 16.7. The second kappa shape index (κ2) is 5.84. The molecule has 0 bridgehead atoms. The molecule has 122 valence electrons. The number of aromatic amines is 1. The summed E-state index contributed by atoms with van der Waals surface area (Å²) in [7, 11) is 0. The lowest BCUT2D eigenvalue weighted by Gasteiger charge is -2.31. The third kappa shape index (κ3) is 2.51. The second-order valence-electron chi connectivity index (χ2n) is 5.33. The number of hydrogen-bond acceptors (Lipinski definition) is 6. The molecule has 0 fully saturated rings. The Morgan fingerprint density at radius 3 is 3.00 bits per heavy atom. The molecule has 0 aromatic carbocycles. The average Bonchev–Trinajstić information content (AvgIpc) is 3.32. The molecule has 2 N–H and O–H groups in total. The number of carbonyl (C=O) groups is 2. The Morgan fingerprint density at radius 1 is 1.38 bits per heavy atom. The van der Waals surface area contributed by atoms with E-state index in [4.69, 9.17) is 0 Å². The number of H-pyrrole nitrogens is 1. The summed E-state index contributed by atoms with van der Waals surface area (Å²) in [4.78, 5) is 38.2. The lowest BCUT2D eigenvalue weighted by atomic mass is 10.0. The molecule has 3 aromatic heterocycles. The number of hydrogen-bond donors (Lipinski definition) is 2. The Morgan fingerprint density at radius 2 is 2.25 bits per heavy atom. The molecule has 0 saturated carbocycles. The fourth-order valence-electron chi connectivity index (χ4n) is 2.70. The first-order chi connectivity index (χ1) is 11.6. The summed E-state index contributed by atoms with van der Waals surface area (Å²) >= 11 is 2.93. The highest BCUT2D eigenvalue weighted by Crippen LogP contribution is 2.29. The number of aliphatic carboxylic acids is 1. The van der Waals surface area contributed by atoms with E-state index in [1.807, 2.05) is 17.5 Å². The number of rotatable bonds is 3. The van der Waals surface area contributed by atoms with E-state index >= 15 is 0 Å². The van der Waals surface area contributed by atoms with Crippen LogP contribution in [-0.4, -0.2) is 42.9 Å². The van der Waals surface area contributed by atoms with Gasteiger partial charge in [-0.2, -0.15) is 0 Å². The monoisotopic (exact) mass is 360 g/mol. The minimum absolute atomic E-state index is 0.191. The fraction of sp³-hybridized carbons (Fsp3) is 0.200. The Bertz CT molecular complexity index is 900. The van der Waals surface area contributed by atoms with Gasteiger partial charge in [-0.25, -0.2) is 14.8 Å². The maximum atomic E-state index is 12.8. The van der Waals surface area contributed by atoms with Crippen molar-refractivity contribution in [2.45, 2.75) is 19.0 Å². The van der Waals surface area contributed by atoms with Crippen molar-refractivity contribution in [2.24, 2.45) is 0 Å². The van der Waals surface area contributed by atoms with Gasteiger partial charge in [-0.05, 0) is 11.4 Å². The number of carbonyl (C=O) groups excluding carboxylic acids is 1. The quantitative estimate of drug-likeness (QED) is 0.746. The number of nitrogens with zero attached hydrogens (tertiary/aromatic N) is 3. The van der Waals surface area contributed by atoms with Gasteiger partial charge in [-0.3, -0.25) is 4.79 Å². The second-order valence-corrected chi connectivity index (χ2v) is 7.14. The first kappa shape index (κ1) is 15.0. The van der Waals surface area contributed by atoms with Gasteiger partial charge >= 0.3 is 5.97 Å². The first-order valence-electron chi connectivity index (χ1n) is 7.18. The number of imidazole rings is 1. The maximum Gasteiger partial charge on any atom is 0.326 e. The summed E-state index contributed by atoms with van der Waals surface area (Å²) in [6.07, 6.45) is 1.72. The van der Waals surface area contributed by atoms with Gasteiger partial charge in [0, 0.05) is 11.8 Å². The third-order valence-electron chi connectivity index (χ3n) is 3.90.